The molecule has 2 rings (SSSR count). The van der Waals surface area contributed by atoms with Gasteiger partial charge in [0.25, 0.3) is 5.91 Å². The Morgan fingerprint density at radius 2 is 1.88 bits per heavy atom. The van der Waals surface area contributed by atoms with Crippen molar-refractivity contribution in [3.05, 3.63) is 56.4 Å². The van der Waals surface area contributed by atoms with E-state index in [-0.39, 0.29) is 12.3 Å². The summed E-state index contributed by atoms with van der Waals surface area (Å²) in [5, 5.41) is 32.4. The summed E-state index contributed by atoms with van der Waals surface area (Å²) in [6.45, 7) is -1.84. The van der Waals surface area contributed by atoms with Crippen LogP contribution in [0, 0.1) is 21.0 Å². The van der Waals surface area contributed by atoms with Gasteiger partial charge in [0.15, 0.2) is 17.7 Å². The number of carbonyl (C=O) groups is 1. The zero-order chi connectivity index (χ0) is 23.7. The molecule has 0 radical (unpaired) electrons. The number of hydrogen-bond acceptors (Lipinski definition) is 8. The van der Waals surface area contributed by atoms with Crippen molar-refractivity contribution in [3.8, 4) is 0 Å². The van der Waals surface area contributed by atoms with E-state index in [0.29, 0.717) is 3.57 Å². The normalized spacial score (nSPS) is 11.2. The van der Waals surface area contributed by atoms with Gasteiger partial charge in [0.2, 0.25) is 0 Å². The first kappa shape index (κ1) is 25.8. The molecule has 0 heterocycles. The van der Waals surface area contributed by atoms with Crippen molar-refractivity contribution in [3.63, 3.8) is 0 Å². The average Bonchev–Trinajstić information content (AvgIpc) is 2.77. The summed E-state index contributed by atoms with van der Waals surface area (Å²) in [7, 11) is 0. The van der Waals surface area contributed by atoms with E-state index in [2.05, 4.69) is 10.5 Å². The van der Waals surface area contributed by atoms with Crippen LogP contribution in [-0.4, -0.2) is 60.0 Å². The lowest BCUT2D eigenvalue weighted by molar-refractivity contribution is -0.0163. The molecule has 0 spiro atoms. The van der Waals surface area contributed by atoms with Crippen LogP contribution in [0.4, 0.5) is 24.5 Å². The molecule has 0 aliphatic carbocycles. The molecule has 0 aromatic heterocycles. The summed E-state index contributed by atoms with van der Waals surface area (Å²) in [5.74, 6) is -4.73. The van der Waals surface area contributed by atoms with Crippen molar-refractivity contribution >= 4 is 46.1 Å². The van der Waals surface area contributed by atoms with Gasteiger partial charge >= 0.3 is 0 Å². The van der Waals surface area contributed by atoms with Crippen molar-refractivity contribution in [2.24, 2.45) is 5.16 Å². The van der Waals surface area contributed by atoms with Gasteiger partial charge in [0.1, 0.15) is 5.82 Å². The number of halogens is 4. The number of hydrogen-bond donors (Lipinski definition) is 5. The molecule has 0 unspecified atom stereocenters. The fourth-order valence-corrected chi connectivity index (χ4v) is 2.73. The van der Waals surface area contributed by atoms with Crippen LogP contribution in [0.15, 0.2) is 29.4 Å². The van der Waals surface area contributed by atoms with E-state index in [4.69, 9.17) is 25.0 Å². The largest absolute Gasteiger partial charge is 0.394 e. The predicted octanol–water partition coefficient (Wildman–Crippen LogP) is 1.81. The molecule has 0 bridgehead atoms. The first-order chi connectivity index (χ1) is 15.3. The predicted molar refractivity (Wildman–Crippen MR) is 116 cm³/mol. The quantitative estimate of drug-likeness (QED) is 0.121. The molecule has 0 atom stereocenters. The topological polar surface area (TPSA) is 133 Å². The molecule has 174 valence electrons. The highest BCUT2D eigenvalue weighted by molar-refractivity contribution is 14.1. The molecular weight excluding hydrogens is 550 g/mol. The van der Waals surface area contributed by atoms with Crippen LogP contribution in [0.25, 0.3) is 0 Å². The highest BCUT2D eigenvalue weighted by Gasteiger charge is 2.23. The number of nitrogens with zero attached hydrogens (tertiary/aromatic N) is 1. The van der Waals surface area contributed by atoms with E-state index in [9.17, 15) is 18.0 Å². The molecule has 13 heteroatoms. The lowest BCUT2D eigenvalue weighted by Crippen LogP contribution is -2.26. The van der Waals surface area contributed by atoms with Gasteiger partial charge in [-0.1, -0.05) is 5.16 Å². The van der Waals surface area contributed by atoms with E-state index < -0.39 is 66.1 Å². The number of nitrogens with one attached hydrogen (secondary N) is 2. The van der Waals surface area contributed by atoms with Crippen LogP contribution >= 0.6 is 22.6 Å². The van der Waals surface area contributed by atoms with Crippen molar-refractivity contribution in [1.29, 1.82) is 0 Å². The molecule has 2 aromatic rings. The van der Waals surface area contributed by atoms with Crippen molar-refractivity contribution < 1.29 is 43.0 Å². The summed E-state index contributed by atoms with van der Waals surface area (Å²) in [6, 6.07) is 4.86. The van der Waals surface area contributed by atoms with Gasteiger partial charge in [-0.25, -0.2) is 18.7 Å². The number of aliphatic hydroxyl groups excluding tert-OH is 3. The van der Waals surface area contributed by atoms with Crippen LogP contribution in [-0.2, 0) is 9.68 Å². The van der Waals surface area contributed by atoms with Crippen LogP contribution < -0.4 is 10.8 Å². The fourth-order valence-electron chi connectivity index (χ4n) is 2.28. The second kappa shape index (κ2) is 12.5. The fraction of sp³-hybridized carbons (Fsp3) is 0.263. The third-order valence-corrected chi connectivity index (χ3v) is 4.51. The maximum Gasteiger partial charge on any atom is 0.277 e. The summed E-state index contributed by atoms with van der Waals surface area (Å²) in [5.41, 5.74) is 0.0783. The maximum atomic E-state index is 14.9. The highest BCUT2D eigenvalue weighted by atomic mass is 127. The van der Waals surface area contributed by atoms with Gasteiger partial charge in [-0.15, -0.1) is 0 Å². The standard InChI is InChI=1S/C19H19F3IN3O6/c20-14-6-11(23)1-2-15(14)25-18-13(19(30)26-31-4-3-27)5-10(16(21)17(18)22)7-24-32-12(8-28)9-29/h1-2,5-7,12,25,27-29H,3-4,8-9H2,(H,26,30). The zero-order valence-corrected chi connectivity index (χ0v) is 18.5. The first-order valence-corrected chi connectivity index (χ1v) is 10.1. The van der Waals surface area contributed by atoms with E-state index in [1.54, 1.807) is 0 Å². The van der Waals surface area contributed by atoms with E-state index >= 15 is 0 Å². The third-order valence-electron chi connectivity index (χ3n) is 3.84. The molecule has 1 amide bonds. The van der Waals surface area contributed by atoms with Crippen molar-refractivity contribution in [1.82, 2.24) is 5.48 Å². The molecule has 0 aliphatic heterocycles. The van der Waals surface area contributed by atoms with Gasteiger partial charge < -0.3 is 25.5 Å². The van der Waals surface area contributed by atoms with E-state index in [1.165, 1.54) is 12.1 Å². The molecular formula is C19H19F3IN3O6. The molecule has 32 heavy (non-hydrogen) atoms. The number of oxime groups is 1. The lowest BCUT2D eigenvalue weighted by atomic mass is 10.1. The number of amides is 1. The lowest BCUT2D eigenvalue weighted by Gasteiger charge is -2.16. The maximum absolute atomic E-state index is 14.9. The highest BCUT2D eigenvalue weighted by Crippen LogP contribution is 2.30. The first-order valence-electron chi connectivity index (χ1n) is 9.00. The van der Waals surface area contributed by atoms with Crippen LogP contribution in [0.2, 0.25) is 0 Å². The second-order valence-corrected chi connectivity index (χ2v) is 7.34. The summed E-state index contributed by atoms with van der Waals surface area (Å²) >= 11 is 1.87. The molecule has 0 aliphatic rings. The minimum Gasteiger partial charge on any atom is -0.394 e. The SMILES string of the molecule is O=C(NOCCO)c1cc(C=NOC(CO)CO)c(F)c(F)c1Nc1ccc(I)cc1F. The summed E-state index contributed by atoms with van der Waals surface area (Å²) in [6.07, 6.45) is -0.351. The third kappa shape index (κ3) is 6.77. The number of benzene rings is 2. The van der Waals surface area contributed by atoms with E-state index in [1.807, 2.05) is 28.1 Å². The van der Waals surface area contributed by atoms with Gasteiger partial charge in [-0.2, -0.15) is 0 Å². The molecule has 0 fully saturated rings. The molecule has 5 N–H and O–H groups in total. The monoisotopic (exact) mass is 569 g/mol. The summed E-state index contributed by atoms with van der Waals surface area (Å²) in [4.78, 5) is 21.9. The summed E-state index contributed by atoms with van der Waals surface area (Å²) < 4.78 is 44.3. The molecule has 9 nitrogen and oxygen atoms in total. The van der Waals surface area contributed by atoms with Crippen LogP contribution in [0.5, 0.6) is 0 Å². The number of rotatable bonds is 11. The number of carbonyl (C=O) groups excluding carboxylic acids is 1. The Kier molecular flexibility index (Phi) is 10.1. The second-order valence-electron chi connectivity index (χ2n) is 6.10. The van der Waals surface area contributed by atoms with Crippen molar-refractivity contribution in [2.45, 2.75) is 6.10 Å². The Morgan fingerprint density at radius 1 is 1.16 bits per heavy atom. The molecule has 0 saturated carbocycles. The van der Waals surface area contributed by atoms with Gasteiger partial charge in [0, 0.05) is 9.13 Å². The van der Waals surface area contributed by atoms with Crippen LogP contribution in [0.1, 0.15) is 15.9 Å². The Morgan fingerprint density at radius 3 is 2.50 bits per heavy atom. The van der Waals surface area contributed by atoms with Gasteiger partial charge in [0.05, 0.1) is 49.6 Å². The molecule has 0 saturated heterocycles. The Balaban J connectivity index is 2.47. The molecule has 2 aromatic carbocycles. The number of hydroxylamine groups is 1. The Labute approximate surface area is 193 Å². The van der Waals surface area contributed by atoms with Gasteiger partial charge in [-0.3, -0.25) is 9.63 Å². The zero-order valence-electron chi connectivity index (χ0n) is 16.3. The smallest absolute Gasteiger partial charge is 0.277 e. The van der Waals surface area contributed by atoms with E-state index in [0.717, 1.165) is 18.3 Å². The van der Waals surface area contributed by atoms with Gasteiger partial charge in [-0.05, 0) is 46.9 Å². The minimum atomic E-state index is -1.51. The number of aliphatic hydroxyl groups is 3. The van der Waals surface area contributed by atoms with Crippen LogP contribution in [0.3, 0.4) is 0 Å². The van der Waals surface area contributed by atoms with Crippen molar-refractivity contribution in [2.75, 3.05) is 31.7 Å². The minimum absolute atomic E-state index is 0.215. The number of anilines is 2. The Hall–Kier alpha value is -2.46. The Bertz CT molecular complexity index is 976. The average molecular weight is 569 g/mol.